The second kappa shape index (κ2) is 5.45. The summed E-state index contributed by atoms with van der Waals surface area (Å²) in [5, 5.41) is 3.44. The summed E-state index contributed by atoms with van der Waals surface area (Å²) in [5.74, 6) is 0. The Labute approximate surface area is 111 Å². The number of piperidine rings is 1. The first-order valence-corrected chi connectivity index (χ1v) is 7.62. The first-order valence-electron chi connectivity index (χ1n) is 7.62. The van der Waals surface area contributed by atoms with E-state index in [4.69, 9.17) is 4.74 Å². The van der Waals surface area contributed by atoms with E-state index in [1.54, 1.807) is 0 Å². The molecule has 104 valence electrons. The highest BCUT2D eigenvalue weighted by Crippen LogP contribution is 2.36. The normalized spacial score (nSPS) is 34.2. The Bertz CT molecular complexity index is 270. The number of hydrogen-bond acceptors (Lipinski definition) is 4. The third kappa shape index (κ3) is 2.57. The number of piperazine rings is 1. The molecule has 0 aromatic heterocycles. The van der Waals surface area contributed by atoms with Gasteiger partial charge in [0.15, 0.2) is 0 Å². The van der Waals surface area contributed by atoms with Crippen molar-refractivity contribution in [3.8, 4) is 0 Å². The maximum atomic E-state index is 6.21. The van der Waals surface area contributed by atoms with Gasteiger partial charge in [-0.3, -0.25) is 4.90 Å². The van der Waals surface area contributed by atoms with E-state index < -0.39 is 0 Å². The average Bonchev–Trinajstić information content (AvgIpc) is 2.83. The van der Waals surface area contributed by atoms with Crippen molar-refractivity contribution < 1.29 is 4.74 Å². The minimum Gasteiger partial charge on any atom is -0.373 e. The van der Waals surface area contributed by atoms with E-state index in [2.05, 4.69) is 22.0 Å². The Morgan fingerprint density at radius 2 is 1.89 bits per heavy atom. The van der Waals surface area contributed by atoms with Crippen LogP contribution in [-0.4, -0.2) is 73.9 Å². The lowest BCUT2D eigenvalue weighted by Gasteiger charge is -2.38. The summed E-state index contributed by atoms with van der Waals surface area (Å²) in [6, 6.07) is 0.683. The summed E-state index contributed by atoms with van der Waals surface area (Å²) in [7, 11) is 0. The molecule has 3 saturated heterocycles. The topological polar surface area (TPSA) is 27.7 Å². The molecule has 3 heterocycles. The summed E-state index contributed by atoms with van der Waals surface area (Å²) < 4.78 is 6.21. The minimum atomic E-state index is 0.220. The van der Waals surface area contributed by atoms with E-state index in [-0.39, 0.29) is 5.60 Å². The molecule has 0 amide bonds. The number of hydrogen-bond donors (Lipinski definition) is 1. The van der Waals surface area contributed by atoms with E-state index in [1.165, 1.54) is 52.0 Å². The van der Waals surface area contributed by atoms with Gasteiger partial charge in [-0.1, -0.05) is 6.92 Å². The lowest BCUT2D eigenvalue weighted by atomic mass is 9.88. The van der Waals surface area contributed by atoms with Crippen LogP contribution in [0, 0.1) is 0 Å². The van der Waals surface area contributed by atoms with Crippen LogP contribution in [-0.2, 0) is 4.74 Å². The van der Waals surface area contributed by atoms with Gasteiger partial charge >= 0.3 is 0 Å². The van der Waals surface area contributed by atoms with Crippen LogP contribution in [0.2, 0.25) is 0 Å². The molecule has 0 saturated carbocycles. The average molecular weight is 253 g/mol. The van der Waals surface area contributed by atoms with Crippen molar-refractivity contribution in [3.63, 3.8) is 0 Å². The maximum Gasteiger partial charge on any atom is 0.0723 e. The summed E-state index contributed by atoms with van der Waals surface area (Å²) in [6.07, 6.45) is 3.68. The van der Waals surface area contributed by atoms with Crippen molar-refractivity contribution in [1.82, 2.24) is 15.1 Å². The van der Waals surface area contributed by atoms with Crippen molar-refractivity contribution >= 4 is 0 Å². The van der Waals surface area contributed by atoms with Gasteiger partial charge < -0.3 is 15.0 Å². The third-order valence-corrected chi connectivity index (χ3v) is 5.07. The standard InChI is InChI=1S/C14H27N3O/c1-2-16-7-9-17(10-8-16)13-11-14(18-12-13)3-5-15-6-4-14/h13,15H,2-12H2,1H3/t13-/m0/s1. The summed E-state index contributed by atoms with van der Waals surface area (Å²) in [6.45, 7) is 11.6. The Morgan fingerprint density at radius 3 is 2.56 bits per heavy atom. The van der Waals surface area contributed by atoms with Gasteiger partial charge in [0, 0.05) is 32.2 Å². The number of nitrogens with one attached hydrogen (secondary N) is 1. The summed E-state index contributed by atoms with van der Waals surface area (Å²) in [5.41, 5.74) is 0.220. The molecule has 3 fully saturated rings. The van der Waals surface area contributed by atoms with E-state index >= 15 is 0 Å². The van der Waals surface area contributed by atoms with E-state index in [0.29, 0.717) is 6.04 Å². The molecule has 0 aromatic rings. The number of nitrogens with zero attached hydrogens (tertiary/aromatic N) is 2. The molecule has 0 radical (unpaired) electrons. The third-order valence-electron chi connectivity index (χ3n) is 5.07. The summed E-state index contributed by atoms with van der Waals surface area (Å²) in [4.78, 5) is 5.22. The van der Waals surface area contributed by atoms with Gasteiger partial charge in [0.1, 0.15) is 0 Å². The Hall–Kier alpha value is -0.160. The summed E-state index contributed by atoms with van der Waals surface area (Å²) >= 11 is 0. The molecule has 3 aliphatic heterocycles. The number of likely N-dealkylation sites (N-methyl/N-ethyl adjacent to an activating group) is 1. The predicted molar refractivity (Wildman–Crippen MR) is 72.9 cm³/mol. The van der Waals surface area contributed by atoms with Crippen molar-refractivity contribution in [2.75, 3.05) is 52.4 Å². The number of rotatable bonds is 2. The highest BCUT2D eigenvalue weighted by molar-refractivity contribution is 4.96. The zero-order valence-electron chi connectivity index (χ0n) is 11.7. The van der Waals surface area contributed by atoms with E-state index in [0.717, 1.165) is 19.7 Å². The zero-order chi connectivity index (χ0) is 12.4. The highest BCUT2D eigenvalue weighted by atomic mass is 16.5. The molecule has 1 spiro atoms. The van der Waals surface area contributed by atoms with Crippen LogP contribution >= 0.6 is 0 Å². The van der Waals surface area contributed by atoms with Gasteiger partial charge in [0.05, 0.1) is 12.2 Å². The molecular formula is C14H27N3O. The zero-order valence-corrected chi connectivity index (χ0v) is 11.7. The fraction of sp³-hybridized carbons (Fsp3) is 1.00. The van der Waals surface area contributed by atoms with Crippen LogP contribution in [0.25, 0.3) is 0 Å². The van der Waals surface area contributed by atoms with Gasteiger partial charge in [-0.2, -0.15) is 0 Å². The highest BCUT2D eigenvalue weighted by Gasteiger charge is 2.43. The molecule has 1 N–H and O–H groups in total. The van der Waals surface area contributed by atoms with Gasteiger partial charge in [0.25, 0.3) is 0 Å². The largest absolute Gasteiger partial charge is 0.373 e. The molecule has 18 heavy (non-hydrogen) atoms. The predicted octanol–water partition coefficient (Wildman–Crippen LogP) is 0.535. The molecule has 0 aromatic carbocycles. The molecule has 4 nitrogen and oxygen atoms in total. The Kier molecular flexibility index (Phi) is 3.89. The molecule has 0 unspecified atom stereocenters. The molecule has 1 atom stereocenters. The Balaban J connectivity index is 1.53. The minimum absolute atomic E-state index is 0.220. The SMILES string of the molecule is CCN1CCN([C@@H]2COC3(CCNCC3)C2)CC1. The number of ether oxygens (including phenoxy) is 1. The molecule has 4 heteroatoms. The molecule has 3 rings (SSSR count). The molecular weight excluding hydrogens is 226 g/mol. The first kappa shape index (κ1) is 12.9. The molecule has 0 aliphatic carbocycles. The van der Waals surface area contributed by atoms with Gasteiger partial charge in [-0.05, 0) is 38.9 Å². The van der Waals surface area contributed by atoms with Gasteiger partial charge in [-0.25, -0.2) is 0 Å². The van der Waals surface area contributed by atoms with Crippen LogP contribution in [0.4, 0.5) is 0 Å². The van der Waals surface area contributed by atoms with Crippen LogP contribution in [0.1, 0.15) is 26.2 Å². The van der Waals surface area contributed by atoms with Crippen molar-refractivity contribution in [2.24, 2.45) is 0 Å². The monoisotopic (exact) mass is 253 g/mol. The van der Waals surface area contributed by atoms with Crippen LogP contribution < -0.4 is 5.32 Å². The second-order valence-corrected chi connectivity index (χ2v) is 6.07. The van der Waals surface area contributed by atoms with Gasteiger partial charge in [0.2, 0.25) is 0 Å². The van der Waals surface area contributed by atoms with Crippen molar-refractivity contribution in [1.29, 1.82) is 0 Å². The van der Waals surface area contributed by atoms with Crippen LogP contribution in [0.15, 0.2) is 0 Å². The lowest BCUT2D eigenvalue weighted by molar-refractivity contribution is -0.0206. The first-order chi connectivity index (χ1) is 8.81. The lowest BCUT2D eigenvalue weighted by Crippen LogP contribution is -2.51. The quantitative estimate of drug-likeness (QED) is 0.777. The second-order valence-electron chi connectivity index (χ2n) is 6.07. The fourth-order valence-corrected chi connectivity index (χ4v) is 3.73. The van der Waals surface area contributed by atoms with Crippen molar-refractivity contribution in [3.05, 3.63) is 0 Å². The van der Waals surface area contributed by atoms with Crippen molar-refractivity contribution in [2.45, 2.75) is 37.8 Å². The maximum absolute atomic E-state index is 6.21. The molecule has 3 aliphatic rings. The Morgan fingerprint density at radius 1 is 1.17 bits per heavy atom. The molecule has 0 bridgehead atoms. The smallest absolute Gasteiger partial charge is 0.0723 e. The van der Waals surface area contributed by atoms with Crippen LogP contribution in [0.3, 0.4) is 0 Å². The van der Waals surface area contributed by atoms with Gasteiger partial charge in [-0.15, -0.1) is 0 Å². The van der Waals surface area contributed by atoms with E-state index in [1.807, 2.05) is 0 Å². The fourth-order valence-electron chi connectivity index (χ4n) is 3.73. The van der Waals surface area contributed by atoms with E-state index in [9.17, 15) is 0 Å². The van der Waals surface area contributed by atoms with Crippen LogP contribution in [0.5, 0.6) is 0 Å².